The molecule has 0 saturated carbocycles. The third-order valence-corrected chi connectivity index (χ3v) is 3.85. The molecule has 4 nitrogen and oxygen atoms in total. The molecule has 2 rings (SSSR count). The number of nitrogens with zero attached hydrogens (tertiary/aromatic N) is 2. The highest BCUT2D eigenvalue weighted by Gasteiger charge is 2.05. The molecule has 0 aliphatic carbocycles. The minimum atomic E-state index is -0.108. The fourth-order valence-corrected chi connectivity index (χ4v) is 2.85. The molecule has 0 spiro atoms. The molecule has 0 bridgehead atoms. The first-order valence-electron chi connectivity index (χ1n) is 4.89. The molecule has 17 heavy (non-hydrogen) atoms. The third-order valence-electron chi connectivity index (χ3n) is 1.80. The molecule has 88 valence electrons. The zero-order valence-corrected chi connectivity index (χ0v) is 10.8. The van der Waals surface area contributed by atoms with Crippen molar-refractivity contribution in [1.29, 1.82) is 0 Å². The van der Waals surface area contributed by atoms with E-state index in [9.17, 15) is 0 Å². The average molecular weight is 266 g/mol. The van der Waals surface area contributed by atoms with Gasteiger partial charge in [-0.15, -0.1) is 21.5 Å². The Balaban J connectivity index is 1.93. The summed E-state index contributed by atoms with van der Waals surface area (Å²) in [6, 6.07) is 3.96. The van der Waals surface area contributed by atoms with Gasteiger partial charge in [-0.1, -0.05) is 23.6 Å². The van der Waals surface area contributed by atoms with Crippen molar-refractivity contribution in [1.82, 2.24) is 10.2 Å². The first kappa shape index (κ1) is 12.2. The summed E-state index contributed by atoms with van der Waals surface area (Å²) >= 11 is 3.11. The summed E-state index contributed by atoms with van der Waals surface area (Å²) in [5.41, 5.74) is 0. The lowest BCUT2D eigenvalue weighted by Gasteiger charge is -1.91. The van der Waals surface area contributed by atoms with Crippen LogP contribution in [-0.2, 0) is 5.75 Å². The number of rotatable bonds is 3. The maximum atomic E-state index is 8.59. The van der Waals surface area contributed by atoms with Crippen molar-refractivity contribution < 1.29 is 9.52 Å². The first-order valence-corrected chi connectivity index (χ1v) is 6.69. The molecule has 0 aliphatic heterocycles. The molecule has 2 aromatic rings. The maximum Gasteiger partial charge on any atom is 0.276 e. The minimum absolute atomic E-state index is 0.108. The van der Waals surface area contributed by atoms with E-state index in [1.807, 2.05) is 12.1 Å². The van der Waals surface area contributed by atoms with E-state index < -0.39 is 0 Å². The Hall–Kier alpha value is -1.29. The molecule has 0 radical (unpaired) electrons. The molecule has 0 aromatic carbocycles. The van der Waals surface area contributed by atoms with Gasteiger partial charge in [0.2, 0.25) is 5.89 Å². The predicted octanol–water partition coefficient (Wildman–Crippen LogP) is 2.08. The minimum Gasteiger partial charge on any atom is -0.416 e. The SMILES string of the molecule is Cc1nnc(SCc2ccc(C#CCO)s2)o1. The van der Waals surface area contributed by atoms with Crippen LogP contribution >= 0.6 is 23.1 Å². The topological polar surface area (TPSA) is 59.2 Å². The number of aliphatic hydroxyl groups is 1. The molecule has 0 fully saturated rings. The predicted molar refractivity (Wildman–Crippen MR) is 66.9 cm³/mol. The molecule has 0 aliphatic rings. The van der Waals surface area contributed by atoms with Crippen molar-refractivity contribution in [2.75, 3.05) is 6.61 Å². The van der Waals surface area contributed by atoms with E-state index in [2.05, 4.69) is 22.0 Å². The van der Waals surface area contributed by atoms with Crippen LogP contribution in [0.15, 0.2) is 21.8 Å². The van der Waals surface area contributed by atoms with Crippen molar-refractivity contribution >= 4 is 23.1 Å². The van der Waals surface area contributed by atoms with Gasteiger partial charge in [-0.05, 0) is 12.1 Å². The number of aryl methyl sites for hydroxylation is 1. The van der Waals surface area contributed by atoms with E-state index >= 15 is 0 Å². The second-order valence-corrected chi connectivity index (χ2v) is 5.20. The van der Waals surface area contributed by atoms with E-state index in [0.717, 1.165) is 10.6 Å². The monoisotopic (exact) mass is 266 g/mol. The number of aromatic nitrogens is 2. The Bertz CT molecular complexity index is 551. The summed E-state index contributed by atoms with van der Waals surface area (Å²) in [5.74, 6) is 6.86. The van der Waals surface area contributed by atoms with Crippen molar-refractivity contribution in [2.45, 2.75) is 17.9 Å². The van der Waals surface area contributed by atoms with Crippen LogP contribution in [0.5, 0.6) is 0 Å². The lowest BCUT2D eigenvalue weighted by Crippen LogP contribution is -1.74. The van der Waals surface area contributed by atoms with Crippen LogP contribution in [0.1, 0.15) is 15.6 Å². The molecule has 0 unspecified atom stereocenters. The van der Waals surface area contributed by atoms with Gasteiger partial charge in [-0.3, -0.25) is 0 Å². The van der Waals surface area contributed by atoms with E-state index in [-0.39, 0.29) is 6.61 Å². The molecule has 2 aromatic heterocycles. The number of aliphatic hydroxyl groups excluding tert-OH is 1. The molecule has 1 N–H and O–H groups in total. The van der Waals surface area contributed by atoms with Gasteiger partial charge in [0.25, 0.3) is 5.22 Å². The fourth-order valence-electron chi connectivity index (χ4n) is 1.12. The normalized spacial score (nSPS) is 10.0. The second-order valence-electron chi connectivity index (χ2n) is 3.10. The molecular weight excluding hydrogens is 256 g/mol. The lowest BCUT2D eigenvalue weighted by atomic mass is 10.4. The summed E-state index contributed by atoms with van der Waals surface area (Å²) in [7, 11) is 0. The summed E-state index contributed by atoms with van der Waals surface area (Å²) in [6.45, 7) is 1.66. The highest BCUT2D eigenvalue weighted by Crippen LogP contribution is 2.25. The van der Waals surface area contributed by atoms with Crippen LogP contribution in [0.4, 0.5) is 0 Å². The van der Waals surface area contributed by atoms with Crippen LogP contribution in [0.25, 0.3) is 0 Å². The summed E-state index contributed by atoms with van der Waals surface area (Å²) in [5, 5.41) is 16.8. The molecule has 0 atom stereocenters. The second kappa shape index (κ2) is 5.87. The molecule has 0 saturated heterocycles. The van der Waals surface area contributed by atoms with Gasteiger partial charge in [0.05, 0.1) is 4.88 Å². The van der Waals surface area contributed by atoms with Gasteiger partial charge in [-0.2, -0.15) is 0 Å². The van der Waals surface area contributed by atoms with Crippen LogP contribution in [-0.4, -0.2) is 21.9 Å². The summed E-state index contributed by atoms with van der Waals surface area (Å²) < 4.78 is 5.26. The molecule has 6 heteroatoms. The molecule has 0 amide bonds. The highest BCUT2D eigenvalue weighted by molar-refractivity contribution is 7.98. The summed E-state index contributed by atoms with van der Waals surface area (Å²) in [6.07, 6.45) is 0. The largest absolute Gasteiger partial charge is 0.416 e. The van der Waals surface area contributed by atoms with Crippen molar-refractivity contribution in [2.24, 2.45) is 0 Å². The van der Waals surface area contributed by atoms with Crippen molar-refractivity contribution in [3.63, 3.8) is 0 Å². The Morgan fingerprint density at radius 1 is 1.47 bits per heavy atom. The van der Waals surface area contributed by atoms with Crippen LogP contribution in [0.2, 0.25) is 0 Å². The Morgan fingerprint density at radius 3 is 3.06 bits per heavy atom. The molecular formula is C11H10N2O2S2. The Morgan fingerprint density at radius 2 is 2.35 bits per heavy atom. The van der Waals surface area contributed by atoms with E-state index in [1.165, 1.54) is 16.6 Å². The lowest BCUT2D eigenvalue weighted by molar-refractivity contribution is 0.350. The number of hydrogen-bond donors (Lipinski definition) is 1. The number of hydrogen-bond acceptors (Lipinski definition) is 6. The van der Waals surface area contributed by atoms with Gasteiger partial charge in [-0.25, -0.2) is 0 Å². The van der Waals surface area contributed by atoms with Gasteiger partial charge in [0.1, 0.15) is 6.61 Å². The van der Waals surface area contributed by atoms with Gasteiger partial charge < -0.3 is 9.52 Å². The van der Waals surface area contributed by atoms with Crippen LogP contribution < -0.4 is 0 Å². The smallest absolute Gasteiger partial charge is 0.276 e. The van der Waals surface area contributed by atoms with E-state index in [1.54, 1.807) is 18.3 Å². The zero-order valence-electron chi connectivity index (χ0n) is 9.14. The van der Waals surface area contributed by atoms with Crippen molar-refractivity contribution in [3.8, 4) is 11.8 Å². The maximum absolute atomic E-state index is 8.59. The Labute approximate surface area is 107 Å². The van der Waals surface area contributed by atoms with Gasteiger partial charge >= 0.3 is 0 Å². The Kier molecular flexibility index (Phi) is 4.20. The van der Waals surface area contributed by atoms with E-state index in [0.29, 0.717) is 11.1 Å². The highest BCUT2D eigenvalue weighted by atomic mass is 32.2. The van der Waals surface area contributed by atoms with Crippen LogP contribution in [0.3, 0.4) is 0 Å². The quantitative estimate of drug-likeness (QED) is 0.681. The summed E-state index contributed by atoms with van der Waals surface area (Å²) in [4.78, 5) is 2.14. The van der Waals surface area contributed by atoms with E-state index in [4.69, 9.17) is 9.52 Å². The average Bonchev–Trinajstić information content (AvgIpc) is 2.93. The molecule has 2 heterocycles. The standard InChI is InChI=1S/C11H10N2O2S2/c1-8-12-13-11(15-8)16-7-10-5-4-9(17-10)3-2-6-14/h4-5,14H,6-7H2,1H3. The van der Waals surface area contributed by atoms with Crippen molar-refractivity contribution in [3.05, 3.63) is 27.8 Å². The first-order chi connectivity index (χ1) is 8.28. The number of thioether (sulfide) groups is 1. The fraction of sp³-hybridized carbons (Fsp3) is 0.273. The van der Waals surface area contributed by atoms with Gasteiger partial charge in [0, 0.05) is 17.6 Å². The van der Waals surface area contributed by atoms with Crippen LogP contribution in [0, 0.1) is 18.8 Å². The zero-order chi connectivity index (χ0) is 12.1. The van der Waals surface area contributed by atoms with Gasteiger partial charge in [0.15, 0.2) is 0 Å². The number of thiophene rings is 1. The third kappa shape index (κ3) is 3.60.